The van der Waals surface area contributed by atoms with Crippen molar-refractivity contribution in [3.63, 3.8) is 0 Å². The summed E-state index contributed by atoms with van der Waals surface area (Å²) >= 11 is 12.4. The quantitative estimate of drug-likeness (QED) is 0.482. The van der Waals surface area contributed by atoms with Crippen LogP contribution in [0.4, 0.5) is 19.0 Å². The number of aryl methyl sites for hydroxylation is 1. The van der Waals surface area contributed by atoms with Crippen molar-refractivity contribution in [3.05, 3.63) is 60.4 Å². The highest BCUT2D eigenvalue weighted by Gasteiger charge is 2.41. The van der Waals surface area contributed by atoms with Gasteiger partial charge in [0.2, 0.25) is 5.56 Å². The largest absolute Gasteiger partial charge is 0.467 e. The molecule has 3 aromatic rings. The molecule has 1 atom stereocenters. The van der Waals surface area contributed by atoms with E-state index in [2.05, 4.69) is 20.1 Å². The zero-order valence-electron chi connectivity index (χ0n) is 21.6. The summed E-state index contributed by atoms with van der Waals surface area (Å²) < 4.78 is 54.4. The van der Waals surface area contributed by atoms with E-state index >= 15 is 0 Å². The van der Waals surface area contributed by atoms with Crippen molar-refractivity contribution in [1.29, 1.82) is 0 Å². The van der Waals surface area contributed by atoms with Crippen LogP contribution < -0.4 is 15.2 Å². The number of rotatable bonds is 4. The van der Waals surface area contributed by atoms with Gasteiger partial charge in [0.25, 0.3) is 5.91 Å². The molecule has 0 radical (unpaired) electrons. The Kier molecular flexibility index (Phi) is 7.44. The molecule has 1 N–H and O–H groups in total. The number of aromatic nitrogens is 5. The molecule has 0 aliphatic carbocycles. The van der Waals surface area contributed by atoms with Crippen LogP contribution >= 0.6 is 23.2 Å². The van der Waals surface area contributed by atoms with E-state index in [1.807, 2.05) is 4.90 Å². The lowest BCUT2D eigenvalue weighted by Gasteiger charge is -2.31. The lowest BCUT2D eigenvalue weighted by atomic mass is 9.99. The summed E-state index contributed by atoms with van der Waals surface area (Å²) in [4.78, 5) is 39.1. The number of nitrogens with zero attached hydrogens (tertiary/aromatic N) is 6. The molecule has 2 aliphatic rings. The molecule has 0 bridgehead atoms. The number of alkyl halides is 3. The molecule has 5 rings (SSSR count). The Morgan fingerprint density at radius 3 is 2.67 bits per heavy atom. The van der Waals surface area contributed by atoms with Crippen LogP contribution in [0, 0.1) is 0 Å². The van der Waals surface area contributed by atoms with Gasteiger partial charge in [-0.25, -0.2) is 0 Å². The van der Waals surface area contributed by atoms with Crippen molar-refractivity contribution in [1.82, 2.24) is 29.6 Å². The maximum atomic E-state index is 13.8. The summed E-state index contributed by atoms with van der Waals surface area (Å²) in [5.41, 5.74) is -0.693. The van der Waals surface area contributed by atoms with E-state index in [4.69, 9.17) is 32.7 Å². The van der Waals surface area contributed by atoms with E-state index in [1.165, 1.54) is 12.0 Å². The van der Waals surface area contributed by atoms with Gasteiger partial charge in [0.15, 0.2) is 5.69 Å². The molecular formula is C24H24Cl2F3N7O4. The Morgan fingerprint density at radius 2 is 2.00 bits per heavy atom. The van der Waals surface area contributed by atoms with Crippen molar-refractivity contribution in [2.24, 2.45) is 0 Å². The molecule has 1 amide bonds. The molecule has 40 heavy (non-hydrogen) atoms. The molecular weight excluding hydrogens is 578 g/mol. The summed E-state index contributed by atoms with van der Waals surface area (Å²) in [7, 11) is 4.60. The van der Waals surface area contributed by atoms with E-state index in [9.17, 15) is 22.8 Å². The summed E-state index contributed by atoms with van der Waals surface area (Å²) in [6.45, 7) is 1.16. The van der Waals surface area contributed by atoms with Crippen LogP contribution in [0.5, 0.6) is 6.01 Å². The molecule has 214 valence electrons. The maximum absolute atomic E-state index is 13.8. The first-order valence-electron chi connectivity index (χ1n) is 12.2. The fraction of sp³-hybridized carbons (Fsp3) is 0.458. The molecule has 1 unspecified atom stereocenters. The minimum atomic E-state index is -4.82. The zero-order valence-corrected chi connectivity index (χ0v) is 23.1. The second-order valence-electron chi connectivity index (χ2n) is 9.54. The third-order valence-electron chi connectivity index (χ3n) is 6.71. The predicted molar refractivity (Wildman–Crippen MR) is 138 cm³/mol. The number of ether oxygens (including phenoxy) is 2. The number of hydrogen-bond donors (Lipinski definition) is 1. The summed E-state index contributed by atoms with van der Waals surface area (Å²) in [6.07, 6.45) is -5.46. The normalized spacial score (nSPS) is 17.2. The van der Waals surface area contributed by atoms with Crippen LogP contribution in [0.1, 0.15) is 51.2 Å². The first-order chi connectivity index (χ1) is 18.9. The van der Waals surface area contributed by atoms with E-state index in [-0.39, 0.29) is 42.2 Å². The minimum Gasteiger partial charge on any atom is -0.467 e. The van der Waals surface area contributed by atoms with Gasteiger partial charge in [-0.05, 0) is 6.42 Å². The highest BCUT2D eigenvalue weighted by Crippen LogP contribution is 2.42. The Balaban J connectivity index is 1.53. The second kappa shape index (κ2) is 10.6. The molecule has 0 saturated carbocycles. The lowest BCUT2D eigenvalue weighted by molar-refractivity contribution is -0.140. The maximum Gasteiger partial charge on any atom is 0.419 e. The SMILES string of the molecule is COc1nc2c(c(N3CCCn4nc(C(=O)N(C)C)c(Cl)c4C3)n1)COC(c1[nH]c(=O)cc(Cl)c1C(F)(F)F)C2. The average Bonchev–Trinajstić information content (AvgIpc) is 3.05. The molecule has 0 saturated heterocycles. The number of amides is 1. The number of pyridine rings is 1. The molecule has 3 aromatic heterocycles. The monoisotopic (exact) mass is 601 g/mol. The third-order valence-corrected chi connectivity index (χ3v) is 7.41. The van der Waals surface area contributed by atoms with Gasteiger partial charge in [-0.3, -0.25) is 14.3 Å². The number of fused-ring (bicyclic) bond motifs is 2. The molecule has 11 nitrogen and oxygen atoms in total. The molecule has 0 fully saturated rings. The standard InChI is InChI=1S/C24H24Cl2F3N7O4/c1-34(2)22(38)20-18(26)14-9-35(5-4-6-36(14)33-20)21-11-10-40-15(8-13(11)30-23(32-21)39-3)19-17(24(27,28)29)12(25)7-16(37)31-19/h7,15H,4-6,8-10H2,1-3H3,(H,31,37). The molecule has 2 aliphatic heterocycles. The van der Waals surface area contributed by atoms with Gasteiger partial charge < -0.3 is 24.3 Å². The smallest absolute Gasteiger partial charge is 0.419 e. The molecule has 16 heteroatoms. The second-order valence-corrected chi connectivity index (χ2v) is 10.3. The van der Waals surface area contributed by atoms with E-state index in [0.717, 1.165) is 0 Å². The van der Waals surface area contributed by atoms with Crippen LogP contribution in [-0.2, 0) is 37.0 Å². The van der Waals surface area contributed by atoms with Crippen molar-refractivity contribution >= 4 is 34.9 Å². The number of nitrogens with one attached hydrogen (secondary N) is 1. The van der Waals surface area contributed by atoms with Crippen LogP contribution in [-0.4, -0.2) is 63.3 Å². The summed E-state index contributed by atoms with van der Waals surface area (Å²) in [5, 5.41) is 3.94. The van der Waals surface area contributed by atoms with E-state index < -0.39 is 34.1 Å². The van der Waals surface area contributed by atoms with Gasteiger partial charge in [-0.1, -0.05) is 23.2 Å². The number of anilines is 1. The van der Waals surface area contributed by atoms with Crippen molar-refractivity contribution in [2.45, 2.75) is 44.8 Å². The predicted octanol–water partition coefficient (Wildman–Crippen LogP) is 3.62. The number of carbonyl (C=O) groups is 1. The van der Waals surface area contributed by atoms with Gasteiger partial charge in [-0.2, -0.15) is 28.2 Å². The zero-order chi connectivity index (χ0) is 28.9. The number of halogens is 5. The van der Waals surface area contributed by atoms with Gasteiger partial charge in [0.05, 0.1) is 53.0 Å². The van der Waals surface area contributed by atoms with Gasteiger partial charge in [-0.15, -0.1) is 0 Å². The average molecular weight is 602 g/mol. The summed E-state index contributed by atoms with van der Waals surface area (Å²) in [5.74, 6) is 0.136. The fourth-order valence-corrected chi connectivity index (χ4v) is 5.44. The van der Waals surface area contributed by atoms with Gasteiger partial charge in [0, 0.05) is 45.2 Å². The fourth-order valence-electron chi connectivity index (χ4n) is 4.86. The van der Waals surface area contributed by atoms with Crippen LogP contribution in [0.15, 0.2) is 10.9 Å². The Morgan fingerprint density at radius 1 is 1.25 bits per heavy atom. The minimum absolute atomic E-state index is 0.0114. The number of methoxy groups -OCH3 is 1. The number of aromatic amines is 1. The first kappa shape index (κ1) is 28.2. The van der Waals surface area contributed by atoms with Gasteiger partial charge >= 0.3 is 12.2 Å². The van der Waals surface area contributed by atoms with Crippen LogP contribution in [0.2, 0.25) is 10.0 Å². The Bertz CT molecular complexity index is 1540. The van der Waals surface area contributed by atoms with Gasteiger partial charge in [0.1, 0.15) is 11.9 Å². The van der Waals surface area contributed by atoms with Crippen molar-refractivity contribution in [2.75, 3.05) is 32.6 Å². The third kappa shape index (κ3) is 5.10. The molecule has 0 spiro atoms. The van der Waals surface area contributed by atoms with Crippen molar-refractivity contribution in [3.8, 4) is 6.01 Å². The highest BCUT2D eigenvalue weighted by molar-refractivity contribution is 6.34. The number of hydrogen-bond acceptors (Lipinski definition) is 8. The first-order valence-corrected chi connectivity index (χ1v) is 12.9. The van der Waals surface area contributed by atoms with Crippen LogP contribution in [0.3, 0.4) is 0 Å². The number of H-pyrrole nitrogens is 1. The Labute approximate surface area is 235 Å². The summed E-state index contributed by atoms with van der Waals surface area (Å²) in [6, 6.07) is 0.693. The number of carbonyl (C=O) groups excluding carboxylic acids is 1. The molecule has 0 aromatic carbocycles. The van der Waals surface area contributed by atoms with Crippen molar-refractivity contribution < 1.29 is 27.4 Å². The van der Waals surface area contributed by atoms with Crippen LogP contribution in [0.25, 0.3) is 0 Å². The topological polar surface area (TPSA) is 118 Å². The lowest BCUT2D eigenvalue weighted by Crippen LogP contribution is -2.30. The highest BCUT2D eigenvalue weighted by atomic mass is 35.5. The van der Waals surface area contributed by atoms with E-state index in [1.54, 1.807) is 18.8 Å². The Hall–Kier alpha value is -3.36. The molecule has 5 heterocycles. The van der Waals surface area contributed by atoms with E-state index in [0.29, 0.717) is 48.3 Å².